The third kappa shape index (κ3) is 8.76. The van der Waals surface area contributed by atoms with E-state index < -0.39 is 43.1 Å². The topological polar surface area (TPSA) is 188 Å². The highest BCUT2D eigenvalue weighted by Gasteiger charge is 2.46. The Morgan fingerprint density at radius 2 is 1.58 bits per heavy atom. The molecule has 4 aliphatic heterocycles. The van der Waals surface area contributed by atoms with E-state index in [-0.39, 0.29) is 58.5 Å². The molecule has 3 fully saturated rings. The summed E-state index contributed by atoms with van der Waals surface area (Å²) >= 11 is 6.48. The average molecular weight is 918 g/mol. The molecule has 3 saturated heterocycles. The van der Waals surface area contributed by atoms with Gasteiger partial charge in [-0.15, -0.1) is 0 Å². The Balaban J connectivity index is 0.871. The van der Waals surface area contributed by atoms with Crippen molar-refractivity contribution in [1.82, 2.24) is 25.1 Å². The Bertz CT molecular complexity index is 2520. The summed E-state index contributed by atoms with van der Waals surface area (Å²) in [5.74, 6) is -1.58. The van der Waals surface area contributed by atoms with E-state index in [1.54, 1.807) is 31.4 Å². The third-order valence-electron chi connectivity index (χ3n) is 12.4. The molecule has 1 aromatic heterocycles. The van der Waals surface area contributed by atoms with E-state index in [1.165, 1.54) is 26.5 Å². The highest BCUT2D eigenvalue weighted by atomic mass is 35.5. The molecule has 4 aliphatic rings. The molecular formula is C44H50ClFN9O8P. The smallest absolute Gasteiger partial charge is 0.362 e. The van der Waals surface area contributed by atoms with Crippen molar-refractivity contribution in [3.05, 3.63) is 82.8 Å². The number of amides is 4. The summed E-state index contributed by atoms with van der Waals surface area (Å²) in [7, 11) is 0.653. The predicted molar refractivity (Wildman–Crippen MR) is 240 cm³/mol. The lowest BCUT2D eigenvalue weighted by Crippen LogP contribution is -2.58. The first kappa shape index (κ1) is 44.9. The number of piperazine rings is 1. The number of piperidine rings is 2. The van der Waals surface area contributed by atoms with Crippen LogP contribution < -0.4 is 35.8 Å². The summed E-state index contributed by atoms with van der Waals surface area (Å²) < 4.78 is 45.3. The van der Waals surface area contributed by atoms with Crippen LogP contribution in [-0.2, 0) is 23.2 Å². The van der Waals surface area contributed by atoms with E-state index in [1.807, 2.05) is 36.9 Å². The number of rotatable bonds is 13. The average Bonchev–Trinajstić information content (AvgIpc) is 3.51. The maximum atomic E-state index is 15.8. The molecule has 20 heteroatoms. The maximum absolute atomic E-state index is 15.8. The molecule has 0 saturated carbocycles. The van der Waals surface area contributed by atoms with Crippen molar-refractivity contribution in [1.29, 1.82) is 0 Å². The van der Waals surface area contributed by atoms with Gasteiger partial charge in [0.15, 0.2) is 5.82 Å². The number of halogens is 2. The number of hydrogen-bond acceptors (Lipinski definition) is 15. The minimum Gasteiger partial charge on any atom is -0.494 e. The molecule has 3 aromatic carbocycles. The first-order chi connectivity index (χ1) is 30.7. The molecule has 5 heterocycles. The normalized spacial score (nSPS) is 21.0. The fourth-order valence-electron chi connectivity index (χ4n) is 9.30. The SMILES string of the molecule is COc1cc(N2CCC(CN3CC(C)N(c4cc5c(cc4F)C(=O)N(C4CCC(=O)NC4=O)C5=O)C(C)C3)CC2)ccc1Nc1ncc(Cl)c(Nc2ccccc2P(=O)(OC)OC)n1. The van der Waals surface area contributed by atoms with Gasteiger partial charge in [0.2, 0.25) is 17.8 Å². The first-order valence-corrected chi connectivity index (χ1v) is 23.0. The van der Waals surface area contributed by atoms with Gasteiger partial charge >= 0.3 is 7.60 Å². The van der Waals surface area contributed by atoms with Crippen LogP contribution in [0.2, 0.25) is 5.02 Å². The van der Waals surface area contributed by atoms with Crippen LogP contribution in [0.3, 0.4) is 0 Å². The van der Waals surface area contributed by atoms with Crippen molar-refractivity contribution < 1.29 is 41.9 Å². The zero-order chi connectivity index (χ0) is 45.4. The van der Waals surface area contributed by atoms with Gasteiger partial charge in [0.1, 0.15) is 22.6 Å². The molecular weight excluding hydrogens is 868 g/mol. The van der Waals surface area contributed by atoms with Gasteiger partial charge in [-0.25, -0.2) is 9.37 Å². The van der Waals surface area contributed by atoms with Crippen LogP contribution in [0.15, 0.2) is 60.8 Å². The van der Waals surface area contributed by atoms with Crippen LogP contribution in [-0.4, -0.2) is 116 Å². The van der Waals surface area contributed by atoms with E-state index in [0.29, 0.717) is 41.4 Å². The lowest BCUT2D eigenvalue weighted by molar-refractivity contribution is -0.136. The number of anilines is 6. The van der Waals surface area contributed by atoms with E-state index in [4.69, 9.17) is 25.4 Å². The van der Waals surface area contributed by atoms with Crippen LogP contribution in [0.25, 0.3) is 0 Å². The van der Waals surface area contributed by atoms with Gasteiger partial charge in [-0.3, -0.25) is 38.9 Å². The molecule has 0 aliphatic carbocycles. The Kier molecular flexibility index (Phi) is 13.0. The number of methoxy groups -OCH3 is 1. The summed E-state index contributed by atoms with van der Waals surface area (Å²) in [5, 5.41) is 9.13. The van der Waals surface area contributed by atoms with Crippen LogP contribution in [0, 0.1) is 11.7 Å². The molecule has 3 unspecified atom stereocenters. The standard InChI is InChI=1S/C44H50ClFN9O8P/c1-25-22-52(23-26(2)54(25)36-20-30-29(19-32(36)46)42(58)55(43(30)59)35-12-13-39(56)50-41(35)57)24-27-14-16-53(17-15-27)28-10-11-33(37(18-28)61-3)49-44-47-21-31(45)40(51-44)48-34-8-6-7-9-38(34)64(60,62-4)63-5/h6-11,18-21,25-27,35H,12-17,22-24H2,1-5H3,(H,50,56,57)(H2,47,48,49,51). The van der Waals surface area contributed by atoms with Crippen molar-refractivity contribution >= 4 is 82.6 Å². The summed E-state index contributed by atoms with van der Waals surface area (Å²) in [6.45, 7) is 8.04. The molecule has 3 N–H and O–H groups in total. The van der Waals surface area contributed by atoms with Gasteiger partial charge in [-0.2, -0.15) is 4.98 Å². The number of aromatic nitrogens is 2. The molecule has 0 bridgehead atoms. The number of carbonyl (C=O) groups excluding carboxylic acids is 4. The van der Waals surface area contributed by atoms with E-state index in [9.17, 15) is 23.7 Å². The van der Waals surface area contributed by atoms with Crippen molar-refractivity contribution in [2.45, 2.75) is 57.7 Å². The van der Waals surface area contributed by atoms with Crippen molar-refractivity contribution in [2.24, 2.45) is 5.92 Å². The Morgan fingerprint density at radius 3 is 2.25 bits per heavy atom. The minimum absolute atomic E-state index is 0.00504. The van der Waals surface area contributed by atoms with Crippen LogP contribution in [0.4, 0.5) is 38.9 Å². The fourth-order valence-corrected chi connectivity index (χ4v) is 10.7. The third-order valence-corrected chi connectivity index (χ3v) is 14.6. The number of fused-ring (bicyclic) bond motifs is 1. The highest BCUT2D eigenvalue weighted by molar-refractivity contribution is 7.62. The number of benzene rings is 3. The molecule has 8 rings (SSSR count). The molecule has 64 heavy (non-hydrogen) atoms. The lowest BCUT2D eigenvalue weighted by Gasteiger charge is -2.47. The summed E-state index contributed by atoms with van der Waals surface area (Å²) in [6.07, 6.45) is 3.45. The van der Waals surface area contributed by atoms with Crippen LogP contribution >= 0.6 is 19.2 Å². The second kappa shape index (κ2) is 18.4. The molecule has 0 spiro atoms. The summed E-state index contributed by atoms with van der Waals surface area (Å²) in [4.78, 5) is 67.6. The van der Waals surface area contributed by atoms with Gasteiger partial charge in [0, 0.05) is 77.2 Å². The van der Waals surface area contributed by atoms with Gasteiger partial charge in [0.25, 0.3) is 11.8 Å². The molecule has 17 nitrogen and oxygen atoms in total. The number of nitrogens with one attached hydrogen (secondary N) is 3. The number of imide groups is 2. The molecule has 4 amide bonds. The van der Waals surface area contributed by atoms with Gasteiger partial charge in [-0.1, -0.05) is 23.7 Å². The molecule has 3 atom stereocenters. The zero-order valence-electron chi connectivity index (χ0n) is 36.1. The van der Waals surface area contributed by atoms with Crippen LogP contribution in [0.1, 0.15) is 60.2 Å². The van der Waals surface area contributed by atoms with Crippen molar-refractivity contribution in [2.75, 3.05) is 74.5 Å². The van der Waals surface area contributed by atoms with Gasteiger partial charge < -0.3 is 34.2 Å². The molecule has 4 aromatic rings. The Morgan fingerprint density at radius 1 is 0.891 bits per heavy atom. The second-order valence-corrected chi connectivity index (χ2v) is 19.1. The van der Waals surface area contributed by atoms with E-state index in [2.05, 4.69) is 35.7 Å². The summed E-state index contributed by atoms with van der Waals surface area (Å²) in [5.41, 5.74) is 2.35. The van der Waals surface area contributed by atoms with Crippen LogP contribution in [0.5, 0.6) is 5.75 Å². The Hall–Kier alpha value is -5.65. The van der Waals surface area contributed by atoms with E-state index in [0.717, 1.165) is 49.1 Å². The van der Waals surface area contributed by atoms with Crippen molar-refractivity contribution in [3.8, 4) is 5.75 Å². The van der Waals surface area contributed by atoms with E-state index >= 15 is 4.39 Å². The van der Waals surface area contributed by atoms with Gasteiger partial charge in [-0.05, 0) is 75.4 Å². The lowest BCUT2D eigenvalue weighted by atomic mass is 9.94. The number of hydrogen-bond donors (Lipinski definition) is 3. The monoisotopic (exact) mass is 917 g/mol. The zero-order valence-corrected chi connectivity index (χ0v) is 37.7. The quantitative estimate of drug-likeness (QED) is 0.103. The largest absolute Gasteiger partial charge is 0.494 e. The number of para-hydroxylation sites is 1. The molecule has 338 valence electrons. The predicted octanol–water partition coefficient (Wildman–Crippen LogP) is 6.09. The molecule has 0 radical (unpaired) electrons. The second-order valence-electron chi connectivity index (χ2n) is 16.5. The summed E-state index contributed by atoms with van der Waals surface area (Å²) in [6, 6.07) is 14.0. The minimum atomic E-state index is -3.59. The fraction of sp³-hybridized carbons (Fsp3) is 0.409. The number of ether oxygens (including phenoxy) is 1. The highest BCUT2D eigenvalue weighted by Crippen LogP contribution is 2.47. The Labute approximate surface area is 375 Å². The number of nitrogens with zero attached hydrogens (tertiary/aromatic N) is 6. The van der Waals surface area contributed by atoms with Crippen molar-refractivity contribution in [3.63, 3.8) is 0 Å². The first-order valence-electron chi connectivity index (χ1n) is 21.1. The van der Waals surface area contributed by atoms with Gasteiger partial charge in [0.05, 0.1) is 46.8 Å². The maximum Gasteiger partial charge on any atom is 0.362 e. The number of carbonyl (C=O) groups is 4.